The molecule has 0 radical (unpaired) electrons. The molecule has 0 aromatic rings. The number of hydrogen-bond donors (Lipinski definition) is 1. The molecule has 24 heavy (non-hydrogen) atoms. The maximum Gasteiger partial charge on any atom is 0.223 e. The Morgan fingerprint density at radius 3 is 2.21 bits per heavy atom. The van der Waals surface area contributed by atoms with Gasteiger partial charge in [-0.25, -0.2) is 0 Å². The normalized spacial score (nSPS) is 21.2. The van der Waals surface area contributed by atoms with Crippen LogP contribution in [-0.4, -0.2) is 84.4 Å². The van der Waals surface area contributed by atoms with Crippen LogP contribution in [0.4, 0.5) is 0 Å². The predicted molar refractivity (Wildman–Crippen MR) is 95.8 cm³/mol. The van der Waals surface area contributed by atoms with Crippen LogP contribution in [0.1, 0.15) is 46.5 Å². The zero-order valence-corrected chi connectivity index (χ0v) is 15.6. The molecule has 2 amide bonds. The molecular weight excluding hydrogens is 304 g/mol. The summed E-state index contributed by atoms with van der Waals surface area (Å²) >= 11 is 0. The minimum absolute atomic E-state index is 0.111. The summed E-state index contributed by atoms with van der Waals surface area (Å²) in [6.45, 7) is 13.1. The Morgan fingerprint density at radius 2 is 1.67 bits per heavy atom. The number of carbonyl (C=O) groups is 2. The van der Waals surface area contributed by atoms with Gasteiger partial charge in [-0.3, -0.25) is 14.5 Å². The molecule has 0 aromatic heterocycles. The van der Waals surface area contributed by atoms with E-state index in [1.807, 2.05) is 11.8 Å². The fourth-order valence-electron chi connectivity index (χ4n) is 3.52. The van der Waals surface area contributed by atoms with Crippen molar-refractivity contribution in [1.29, 1.82) is 0 Å². The number of rotatable bonds is 6. The van der Waals surface area contributed by atoms with E-state index in [4.69, 9.17) is 0 Å². The van der Waals surface area contributed by atoms with Crippen molar-refractivity contribution >= 4 is 11.8 Å². The van der Waals surface area contributed by atoms with Crippen LogP contribution >= 0.6 is 0 Å². The SMILES string of the molecule is CCC(=O)NC1CCN(C(=O)CCN2CCN(C(C)C)CC2)CC1. The maximum absolute atomic E-state index is 12.4. The quantitative estimate of drug-likeness (QED) is 0.782. The number of nitrogens with one attached hydrogen (secondary N) is 1. The Balaban J connectivity index is 1.63. The smallest absolute Gasteiger partial charge is 0.223 e. The molecule has 0 unspecified atom stereocenters. The van der Waals surface area contributed by atoms with E-state index < -0.39 is 0 Å². The van der Waals surface area contributed by atoms with Crippen molar-refractivity contribution in [2.24, 2.45) is 0 Å². The standard InChI is InChI=1S/C18H34N4O2/c1-4-17(23)19-16-5-9-22(10-6-16)18(24)7-8-20-11-13-21(14-12-20)15(2)3/h15-16H,4-14H2,1-3H3,(H,19,23). The highest BCUT2D eigenvalue weighted by atomic mass is 16.2. The number of nitrogens with zero attached hydrogens (tertiary/aromatic N) is 3. The molecule has 0 atom stereocenters. The topological polar surface area (TPSA) is 55.9 Å². The Kier molecular flexibility index (Phi) is 7.49. The maximum atomic E-state index is 12.4. The minimum atomic E-state index is 0.111. The second-order valence-electron chi connectivity index (χ2n) is 7.30. The molecular formula is C18H34N4O2. The molecule has 2 heterocycles. The molecule has 6 heteroatoms. The number of piperidine rings is 1. The van der Waals surface area contributed by atoms with Gasteiger partial charge in [0, 0.05) is 70.7 Å². The summed E-state index contributed by atoms with van der Waals surface area (Å²) in [5.41, 5.74) is 0. The van der Waals surface area contributed by atoms with E-state index in [0.29, 0.717) is 18.9 Å². The van der Waals surface area contributed by atoms with Crippen LogP contribution in [0.2, 0.25) is 0 Å². The van der Waals surface area contributed by atoms with E-state index in [1.54, 1.807) is 0 Å². The van der Waals surface area contributed by atoms with Gasteiger partial charge in [0.2, 0.25) is 11.8 Å². The lowest BCUT2D eigenvalue weighted by atomic mass is 10.0. The number of piperazine rings is 1. The van der Waals surface area contributed by atoms with Gasteiger partial charge in [0.05, 0.1) is 0 Å². The fraction of sp³-hybridized carbons (Fsp3) is 0.889. The zero-order valence-electron chi connectivity index (χ0n) is 15.6. The van der Waals surface area contributed by atoms with Crippen LogP contribution in [0.25, 0.3) is 0 Å². The molecule has 138 valence electrons. The van der Waals surface area contributed by atoms with Crippen molar-refractivity contribution in [1.82, 2.24) is 20.0 Å². The van der Waals surface area contributed by atoms with E-state index in [9.17, 15) is 9.59 Å². The number of likely N-dealkylation sites (tertiary alicyclic amines) is 1. The van der Waals surface area contributed by atoms with Crippen molar-refractivity contribution in [3.8, 4) is 0 Å². The predicted octanol–water partition coefficient (Wildman–Crippen LogP) is 0.920. The zero-order chi connectivity index (χ0) is 17.5. The van der Waals surface area contributed by atoms with Crippen LogP contribution in [0.5, 0.6) is 0 Å². The van der Waals surface area contributed by atoms with E-state index in [2.05, 4.69) is 29.0 Å². The number of carbonyl (C=O) groups excluding carboxylic acids is 2. The van der Waals surface area contributed by atoms with Gasteiger partial charge in [-0.2, -0.15) is 0 Å². The van der Waals surface area contributed by atoms with Gasteiger partial charge in [0.1, 0.15) is 0 Å². The summed E-state index contributed by atoms with van der Waals surface area (Å²) in [5, 5.41) is 3.04. The summed E-state index contributed by atoms with van der Waals surface area (Å²) in [6.07, 6.45) is 2.91. The lowest BCUT2D eigenvalue weighted by molar-refractivity contribution is -0.132. The summed E-state index contributed by atoms with van der Waals surface area (Å²) < 4.78 is 0. The van der Waals surface area contributed by atoms with E-state index in [1.165, 1.54) is 0 Å². The fourth-order valence-corrected chi connectivity index (χ4v) is 3.52. The van der Waals surface area contributed by atoms with Crippen LogP contribution in [0, 0.1) is 0 Å². The van der Waals surface area contributed by atoms with Gasteiger partial charge in [-0.05, 0) is 26.7 Å². The van der Waals surface area contributed by atoms with Crippen molar-refractivity contribution < 1.29 is 9.59 Å². The first-order valence-electron chi connectivity index (χ1n) is 9.53. The first-order valence-corrected chi connectivity index (χ1v) is 9.53. The number of amides is 2. The summed E-state index contributed by atoms with van der Waals surface area (Å²) in [7, 11) is 0. The Labute approximate surface area is 146 Å². The third kappa shape index (κ3) is 5.74. The second-order valence-corrected chi connectivity index (χ2v) is 7.30. The number of hydrogen-bond acceptors (Lipinski definition) is 4. The monoisotopic (exact) mass is 338 g/mol. The molecule has 0 saturated carbocycles. The molecule has 6 nitrogen and oxygen atoms in total. The molecule has 0 aliphatic carbocycles. The van der Waals surface area contributed by atoms with Crippen molar-refractivity contribution in [2.45, 2.75) is 58.5 Å². The second kappa shape index (κ2) is 9.37. The Hall–Kier alpha value is -1.14. The summed E-state index contributed by atoms with van der Waals surface area (Å²) in [5.74, 6) is 0.377. The van der Waals surface area contributed by atoms with Gasteiger partial charge >= 0.3 is 0 Å². The molecule has 2 saturated heterocycles. The van der Waals surface area contributed by atoms with Crippen LogP contribution in [-0.2, 0) is 9.59 Å². The van der Waals surface area contributed by atoms with E-state index >= 15 is 0 Å². The van der Waals surface area contributed by atoms with Gasteiger partial charge < -0.3 is 15.1 Å². The molecule has 2 fully saturated rings. The van der Waals surface area contributed by atoms with Gasteiger partial charge in [0.15, 0.2) is 0 Å². The lowest BCUT2D eigenvalue weighted by Crippen LogP contribution is -2.50. The van der Waals surface area contributed by atoms with Gasteiger partial charge in [0.25, 0.3) is 0 Å². The third-order valence-corrected chi connectivity index (χ3v) is 5.31. The van der Waals surface area contributed by atoms with Gasteiger partial charge in [-0.15, -0.1) is 0 Å². The Morgan fingerprint density at radius 1 is 1.04 bits per heavy atom. The van der Waals surface area contributed by atoms with Crippen LogP contribution in [0.15, 0.2) is 0 Å². The molecule has 2 aliphatic heterocycles. The van der Waals surface area contributed by atoms with Crippen molar-refractivity contribution in [2.75, 3.05) is 45.8 Å². The first kappa shape index (κ1) is 19.2. The highest BCUT2D eigenvalue weighted by Crippen LogP contribution is 2.13. The largest absolute Gasteiger partial charge is 0.353 e. The molecule has 0 bridgehead atoms. The molecule has 0 aromatic carbocycles. The average molecular weight is 338 g/mol. The molecule has 2 aliphatic rings. The first-order chi connectivity index (χ1) is 11.5. The summed E-state index contributed by atoms with van der Waals surface area (Å²) in [4.78, 5) is 30.7. The van der Waals surface area contributed by atoms with Crippen LogP contribution < -0.4 is 5.32 Å². The highest BCUT2D eigenvalue weighted by Gasteiger charge is 2.24. The molecule has 1 N–H and O–H groups in total. The van der Waals surface area contributed by atoms with E-state index in [0.717, 1.165) is 58.7 Å². The van der Waals surface area contributed by atoms with E-state index in [-0.39, 0.29) is 17.9 Å². The average Bonchev–Trinajstić information content (AvgIpc) is 2.60. The summed E-state index contributed by atoms with van der Waals surface area (Å²) in [6, 6.07) is 0.855. The van der Waals surface area contributed by atoms with Crippen LogP contribution in [0.3, 0.4) is 0 Å². The van der Waals surface area contributed by atoms with Crippen molar-refractivity contribution in [3.63, 3.8) is 0 Å². The van der Waals surface area contributed by atoms with Gasteiger partial charge in [-0.1, -0.05) is 6.92 Å². The third-order valence-electron chi connectivity index (χ3n) is 5.31. The Bertz CT molecular complexity index is 411. The molecule has 2 rings (SSSR count). The minimum Gasteiger partial charge on any atom is -0.353 e. The highest BCUT2D eigenvalue weighted by molar-refractivity contribution is 5.77. The lowest BCUT2D eigenvalue weighted by Gasteiger charge is -2.37. The molecule has 0 spiro atoms. The van der Waals surface area contributed by atoms with Crippen molar-refractivity contribution in [3.05, 3.63) is 0 Å².